The maximum Gasteiger partial charge on any atom is 0.312 e. The van der Waals surface area contributed by atoms with Crippen molar-refractivity contribution < 1.29 is 23.5 Å². The first kappa shape index (κ1) is 15.6. The van der Waals surface area contributed by atoms with Gasteiger partial charge in [0.05, 0.1) is 30.2 Å². The van der Waals surface area contributed by atoms with Crippen molar-refractivity contribution >= 4 is 29.2 Å². The van der Waals surface area contributed by atoms with Gasteiger partial charge in [-0.05, 0) is 25.1 Å². The Hall–Kier alpha value is -1.92. The number of hydrogen-bond donors (Lipinski definition) is 0. The van der Waals surface area contributed by atoms with Crippen LogP contribution in [0.3, 0.4) is 0 Å². The van der Waals surface area contributed by atoms with Gasteiger partial charge in [-0.2, -0.15) is 0 Å². The van der Waals surface area contributed by atoms with Crippen LogP contribution in [0.25, 0.3) is 0 Å². The van der Waals surface area contributed by atoms with Crippen LogP contribution in [0.15, 0.2) is 30.4 Å². The minimum absolute atomic E-state index is 0.00905. The fourth-order valence-corrected chi connectivity index (χ4v) is 3.99. The van der Waals surface area contributed by atoms with Gasteiger partial charge in [-0.15, -0.1) is 0 Å². The van der Waals surface area contributed by atoms with E-state index in [1.165, 1.54) is 17.0 Å². The Morgan fingerprint density at radius 1 is 1.54 bits per heavy atom. The van der Waals surface area contributed by atoms with E-state index < -0.39 is 35.3 Å². The zero-order valence-electron chi connectivity index (χ0n) is 12.9. The summed E-state index contributed by atoms with van der Waals surface area (Å²) in [5, 5.41) is -0.00905. The van der Waals surface area contributed by atoms with Gasteiger partial charge in [0.2, 0.25) is 5.91 Å². The molecule has 0 unspecified atom stereocenters. The topological polar surface area (TPSA) is 55.8 Å². The lowest BCUT2D eigenvalue weighted by Crippen LogP contribution is -2.40. The summed E-state index contributed by atoms with van der Waals surface area (Å²) in [4.78, 5) is 26.7. The smallest absolute Gasteiger partial charge is 0.312 e. The molecule has 0 aromatic heterocycles. The van der Waals surface area contributed by atoms with Crippen LogP contribution in [0.1, 0.15) is 6.92 Å². The molecular formula is C17H15ClFNO4. The standard InChI is InChI=1S/C17H15ClFNO4/c1-2-23-16(22)13-12-5-6-17(24-12)8-20(15(21)14(13)17)9-3-4-10(18)11(19)7-9/h3-7,12-14H,2,8H2,1H3/t12-,13-,14-,17+/m1/s1. The second-order valence-corrected chi connectivity index (χ2v) is 6.58. The van der Waals surface area contributed by atoms with Crippen molar-refractivity contribution in [2.24, 2.45) is 11.8 Å². The van der Waals surface area contributed by atoms with Gasteiger partial charge in [0.15, 0.2) is 0 Å². The Labute approximate surface area is 143 Å². The summed E-state index contributed by atoms with van der Waals surface area (Å²) >= 11 is 5.70. The van der Waals surface area contributed by atoms with Gasteiger partial charge in [0, 0.05) is 5.69 Å². The molecule has 2 fully saturated rings. The van der Waals surface area contributed by atoms with E-state index in [4.69, 9.17) is 21.1 Å². The van der Waals surface area contributed by atoms with Crippen molar-refractivity contribution in [3.05, 3.63) is 41.2 Å². The van der Waals surface area contributed by atoms with E-state index in [1.54, 1.807) is 19.1 Å². The Bertz CT molecular complexity index is 767. The van der Waals surface area contributed by atoms with E-state index in [2.05, 4.69) is 0 Å². The van der Waals surface area contributed by atoms with Crippen molar-refractivity contribution in [3.8, 4) is 0 Å². The van der Waals surface area contributed by atoms with Gasteiger partial charge in [-0.3, -0.25) is 9.59 Å². The number of carbonyl (C=O) groups is 2. The molecule has 126 valence electrons. The number of fused-ring (bicyclic) bond motifs is 1. The van der Waals surface area contributed by atoms with Gasteiger partial charge >= 0.3 is 5.97 Å². The predicted octanol–water partition coefficient (Wildman–Crippen LogP) is 2.33. The van der Waals surface area contributed by atoms with Crippen molar-refractivity contribution in [2.45, 2.75) is 18.6 Å². The molecule has 3 aliphatic rings. The number of rotatable bonds is 3. The number of amides is 1. The van der Waals surface area contributed by atoms with Gasteiger partial charge in [0.25, 0.3) is 0 Å². The largest absolute Gasteiger partial charge is 0.466 e. The summed E-state index contributed by atoms with van der Waals surface area (Å²) in [6.07, 6.45) is 3.20. The molecule has 1 aromatic carbocycles. The molecule has 1 spiro atoms. The number of halogens is 2. The number of ether oxygens (including phenoxy) is 2. The molecule has 7 heteroatoms. The minimum atomic E-state index is -0.852. The molecule has 0 N–H and O–H groups in total. The second kappa shape index (κ2) is 5.29. The first-order valence-corrected chi connectivity index (χ1v) is 8.15. The Balaban J connectivity index is 1.69. The molecule has 1 aromatic rings. The SMILES string of the molecule is CCOC(=O)[C@@H]1[C@H]2C=C[C@@]3(CN(c4ccc(Cl)c(F)c4)C(=O)[C@@H]13)O2. The number of esters is 1. The van der Waals surface area contributed by atoms with Gasteiger partial charge < -0.3 is 14.4 Å². The molecule has 4 rings (SSSR count). The van der Waals surface area contributed by atoms with Crippen LogP contribution in [-0.2, 0) is 19.1 Å². The molecule has 24 heavy (non-hydrogen) atoms. The number of nitrogens with zero attached hydrogens (tertiary/aromatic N) is 1. The summed E-state index contributed by atoms with van der Waals surface area (Å²) in [5.41, 5.74) is -0.455. The highest BCUT2D eigenvalue weighted by Crippen LogP contribution is 2.53. The number of hydrogen-bond acceptors (Lipinski definition) is 4. The van der Waals surface area contributed by atoms with E-state index in [0.717, 1.165) is 0 Å². The fraction of sp³-hybridized carbons (Fsp3) is 0.412. The summed E-state index contributed by atoms with van der Waals surface area (Å²) < 4.78 is 24.8. The van der Waals surface area contributed by atoms with Gasteiger partial charge in [-0.1, -0.05) is 23.8 Å². The third kappa shape index (κ3) is 2.03. The molecule has 0 aliphatic carbocycles. The third-order valence-electron chi connectivity index (χ3n) is 4.87. The van der Waals surface area contributed by atoms with Crippen LogP contribution in [0.5, 0.6) is 0 Å². The Kier molecular flexibility index (Phi) is 3.44. The fourth-order valence-electron chi connectivity index (χ4n) is 3.88. The lowest BCUT2D eigenvalue weighted by molar-refractivity contribution is -0.151. The number of carbonyl (C=O) groups excluding carboxylic acids is 2. The van der Waals surface area contributed by atoms with Crippen molar-refractivity contribution in [2.75, 3.05) is 18.1 Å². The van der Waals surface area contributed by atoms with Crippen molar-refractivity contribution in [1.82, 2.24) is 0 Å². The first-order valence-electron chi connectivity index (χ1n) is 7.77. The van der Waals surface area contributed by atoms with Crippen LogP contribution >= 0.6 is 11.6 Å². The van der Waals surface area contributed by atoms with E-state index in [1.807, 2.05) is 6.08 Å². The van der Waals surface area contributed by atoms with Gasteiger partial charge in [-0.25, -0.2) is 4.39 Å². The number of benzene rings is 1. The molecular weight excluding hydrogens is 337 g/mol. The van der Waals surface area contributed by atoms with E-state index >= 15 is 0 Å². The maximum absolute atomic E-state index is 13.8. The lowest BCUT2D eigenvalue weighted by Gasteiger charge is -2.22. The average molecular weight is 352 g/mol. The molecule has 2 bridgehead atoms. The Morgan fingerprint density at radius 3 is 3.04 bits per heavy atom. The lowest BCUT2D eigenvalue weighted by atomic mass is 9.77. The number of anilines is 1. The summed E-state index contributed by atoms with van der Waals surface area (Å²) in [5.74, 6) is -2.60. The second-order valence-electron chi connectivity index (χ2n) is 6.17. The van der Waals surface area contributed by atoms with Crippen molar-refractivity contribution in [3.63, 3.8) is 0 Å². The van der Waals surface area contributed by atoms with Gasteiger partial charge in [0.1, 0.15) is 17.3 Å². The zero-order valence-corrected chi connectivity index (χ0v) is 13.6. The van der Waals surface area contributed by atoms with Crippen LogP contribution in [0.2, 0.25) is 5.02 Å². The van der Waals surface area contributed by atoms with Crippen molar-refractivity contribution in [1.29, 1.82) is 0 Å². The van der Waals surface area contributed by atoms with E-state index in [9.17, 15) is 14.0 Å². The summed E-state index contributed by atoms with van der Waals surface area (Å²) in [6, 6.07) is 4.20. The molecule has 1 amide bonds. The average Bonchev–Trinajstić information content (AvgIpc) is 3.19. The van der Waals surface area contributed by atoms with Crippen LogP contribution < -0.4 is 4.90 Å². The Morgan fingerprint density at radius 2 is 2.33 bits per heavy atom. The highest BCUT2D eigenvalue weighted by atomic mass is 35.5. The summed E-state index contributed by atoms with van der Waals surface area (Å²) in [6.45, 7) is 2.20. The normalized spacial score (nSPS) is 33.2. The first-order chi connectivity index (χ1) is 11.5. The van der Waals surface area contributed by atoms with E-state index in [0.29, 0.717) is 5.69 Å². The molecule has 0 saturated carbocycles. The van der Waals surface area contributed by atoms with Crippen LogP contribution in [0, 0.1) is 17.7 Å². The molecule has 3 aliphatic heterocycles. The summed E-state index contributed by atoms with van der Waals surface area (Å²) in [7, 11) is 0. The minimum Gasteiger partial charge on any atom is -0.466 e. The quantitative estimate of drug-likeness (QED) is 0.619. The monoisotopic (exact) mass is 351 g/mol. The van der Waals surface area contributed by atoms with E-state index in [-0.39, 0.29) is 24.1 Å². The third-order valence-corrected chi connectivity index (χ3v) is 5.18. The highest BCUT2D eigenvalue weighted by Gasteiger charge is 2.67. The van der Waals surface area contributed by atoms with Crippen LogP contribution in [-0.4, -0.2) is 36.7 Å². The molecule has 0 radical (unpaired) electrons. The molecule has 4 atom stereocenters. The molecule has 3 heterocycles. The zero-order chi connectivity index (χ0) is 17.1. The predicted molar refractivity (Wildman–Crippen MR) is 84.1 cm³/mol. The molecule has 5 nitrogen and oxygen atoms in total. The maximum atomic E-state index is 13.8. The highest BCUT2D eigenvalue weighted by molar-refractivity contribution is 6.30. The molecule has 2 saturated heterocycles. The van der Waals surface area contributed by atoms with Crippen LogP contribution in [0.4, 0.5) is 10.1 Å².